The fourth-order valence-corrected chi connectivity index (χ4v) is 5.35. The van der Waals surface area contributed by atoms with Crippen molar-refractivity contribution < 1.29 is 20.1 Å². The number of hydrogen-bond acceptors (Lipinski definition) is 6. The zero-order valence-electron chi connectivity index (χ0n) is 21.1. The van der Waals surface area contributed by atoms with Gasteiger partial charge in [0.05, 0.1) is 23.5 Å². The van der Waals surface area contributed by atoms with Gasteiger partial charge in [-0.1, -0.05) is 48.0 Å². The van der Waals surface area contributed by atoms with Gasteiger partial charge >= 0.3 is 5.69 Å². The number of rotatable bonds is 10. The Balaban J connectivity index is 1.51. The minimum atomic E-state index is -0.987. The first-order valence-corrected chi connectivity index (χ1v) is 13.9. The first kappa shape index (κ1) is 28.0. The van der Waals surface area contributed by atoms with E-state index in [9.17, 15) is 15.0 Å². The van der Waals surface area contributed by atoms with Crippen LogP contribution in [0.2, 0.25) is 5.02 Å². The van der Waals surface area contributed by atoms with Crippen LogP contribution in [0, 0.1) is 3.57 Å². The molecule has 0 unspecified atom stereocenters. The normalized spacial score (nSPS) is 12.8. The summed E-state index contributed by atoms with van der Waals surface area (Å²) in [4.78, 5) is 24.0. The summed E-state index contributed by atoms with van der Waals surface area (Å²) in [6, 6.07) is 21.4. The molecule has 40 heavy (non-hydrogen) atoms. The summed E-state index contributed by atoms with van der Waals surface area (Å²) in [5, 5.41) is 30.4. The summed E-state index contributed by atoms with van der Waals surface area (Å²) in [7, 11) is 0. The van der Waals surface area contributed by atoms with Gasteiger partial charge < -0.3 is 30.0 Å². The Morgan fingerprint density at radius 1 is 1.05 bits per heavy atom. The third-order valence-corrected chi connectivity index (χ3v) is 7.40. The molecule has 0 spiro atoms. The Hall–Kier alpha value is -3.58. The molecule has 0 fully saturated rings. The fraction of sp³-hybridized carbons (Fsp3) is 0.172. The smallest absolute Gasteiger partial charge is 0.329 e. The molecule has 2 aromatic heterocycles. The maximum absolute atomic E-state index is 13.3. The van der Waals surface area contributed by atoms with Crippen LogP contribution in [0.15, 0.2) is 83.8 Å². The lowest BCUT2D eigenvalue weighted by atomic mass is 10.0. The van der Waals surface area contributed by atoms with Gasteiger partial charge in [-0.3, -0.25) is 4.57 Å². The van der Waals surface area contributed by atoms with E-state index in [0.717, 1.165) is 14.7 Å². The molecular weight excluding hydrogens is 647 g/mol. The molecule has 0 amide bonds. The van der Waals surface area contributed by atoms with Crippen molar-refractivity contribution in [2.75, 3.05) is 13.2 Å². The maximum Gasteiger partial charge on any atom is 0.329 e. The molecule has 11 heteroatoms. The van der Waals surface area contributed by atoms with E-state index in [0.29, 0.717) is 34.3 Å². The van der Waals surface area contributed by atoms with E-state index in [1.54, 1.807) is 30.5 Å². The molecule has 5 N–H and O–H groups in total. The van der Waals surface area contributed by atoms with E-state index in [1.807, 2.05) is 48.5 Å². The monoisotopic (exact) mass is 672 g/mol. The van der Waals surface area contributed by atoms with Crippen molar-refractivity contribution in [1.82, 2.24) is 19.5 Å². The number of nitrogens with zero attached hydrogens (tertiary/aromatic N) is 2. The molecule has 0 bridgehead atoms. The van der Waals surface area contributed by atoms with Gasteiger partial charge in [0, 0.05) is 21.1 Å². The van der Waals surface area contributed by atoms with Gasteiger partial charge in [0.2, 0.25) is 5.88 Å². The van der Waals surface area contributed by atoms with Crippen molar-refractivity contribution in [2.24, 2.45) is 0 Å². The van der Waals surface area contributed by atoms with Crippen LogP contribution in [-0.2, 0) is 6.42 Å². The Bertz CT molecular complexity index is 1650. The topological polar surface area (TPSA) is 136 Å². The van der Waals surface area contributed by atoms with E-state index in [2.05, 4.69) is 37.5 Å². The molecule has 0 saturated heterocycles. The van der Waals surface area contributed by atoms with Crippen LogP contribution in [0.5, 0.6) is 11.6 Å². The average molecular weight is 673 g/mol. The number of halogens is 2. The third kappa shape index (κ3) is 6.09. The molecule has 206 valence electrons. The molecule has 2 atom stereocenters. The van der Waals surface area contributed by atoms with Crippen molar-refractivity contribution in [3.63, 3.8) is 0 Å². The van der Waals surface area contributed by atoms with Crippen molar-refractivity contribution >= 4 is 34.2 Å². The van der Waals surface area contributed by atoms with Crippen LogP contribution in [0.3, 0.4) is 0 Å². The Morgan fingerprint density at radius 2 is 1.80 bits per heavy atom. The van der Waals surface area contributed by atoms with E-state index < -0.39 is 24.4 Å². The van der Waals surface area contributed by atoms with Gasteiger partial charge in [-0.2, -0.15) is 0 Å². The second-order valence-corrected chi connectivity index (χ2v) is 10.8. The van der Waals surface area contributed by atoms with Crippen LogP contribution in [0.25, 0.3) is 22.5 Å². The Morgan fingerprint density at radius 3 is 2.50 bits per heavy atom. The SMILES string of the molecule is O=c1[nH]c(-c2ccc(OC[C@H](O)CO)cc2)c(O)n1[C@@H](Cc1ccccc1)c1ncc(-c2ccc(I)cc2Cl)[nH]1. The highest BCUT2D eigenvalue weighted by molar-refractivity contribution is 14.1. The molecule has 0 aliphatic rings. The Labute approximate surface area is 248 Å². The number of imidazole rings is 2. The maximum atomic E-state index is 13.3. The van der Waals surface area contributed by atoms with Crippen molar-refractivity contribution in [3.05, 3.63) is 109 Å². The molecule has 0 aliphatic carbocycles. The molecule has 0 radical (unpaired) electrons. The third-order valence-electron chi connectivity index (χ3n) is 6.41. The van der Waals surface area contributed by atoms with Crippen molar-refractivity contribution in [2.45, 2.75) is 18.6 Å². The predicted molar refractivity (Wildman–Crippen MR) is 161 cm³/mol. The van der Waals surface area contributed by atoms with E-state index >= 15 is 0 Å². The standard InChI is InChI=1S/C29H26ClIN4O5/c30-23-13-19(31)8-11-22(23)24-14-32-27(33-24)25(12-17-4-2-1-3-5-17)35-28(38)26(34-29(35)39)18-6-9-21(10-7-18)40-16-20(37)15-36/h1-11,13-14,20,25,36-38H,12,15-16H2,(H,32,33)(H,34,39)/t20-,25+/m1/s1. The molecule has 0 aliphatic heterocycles. The second-order valence-electron chi connectivity index (χ2n) is 9.18. The lowest BCUT2D eigenvalue weighted by Gasteiger charge is -2.17. The predicted octanol–water partition coefficient (Wildman–Crippen LogP) is 4.76. The molecule has 9 nitrogen and oxygen atoms in total. The highest BCUT2D eigenvalue weighted by Crippen LogP contribution is 2.34. The quantitative estimate of drug-likeness (QED) is 0.136. The molecule has 5 rings (SSSR count). The largest absolute Gasteiger partial charge is 0.493 e. The van der Waals surface area contributed by atoms with Gasteiger partial charge in [-0.15, -0.1) is 0 Å². The summed E-state index contributed by atoms with van der Waals surface area (Å²) >= 11 is 8.69. The van der Waals surface area contributed by atoms with Gasteiger partial charge in [0.15, 0.2) is 0 Å². The van der Waals surface area contributed by atoms with E-state index in [-0.39, 0.29) is 18.2 Å². The fourth-order valence-electron chi connectivity index (χ4n) is 4.39. The van der Waals surface area contributed by atoms with E-state index in [1.165, 1.54) is 4.57 Å². The highest BCUT2D eigenvalue weighted by atomic mass is 127. The number of H-pyrrole nitrogens is 2. The van der Waals surface area contributed by atoms with Crippen LogP contribution in [0.4, 0.5) is 0 Å². The average Bonchev–Trinajstić information content (AvgIpc) is 3.55. The molecular formula is C29H26ClIN4O5. The summed E-state index contributed by atoms with van der Waals surface area (Å²) in [6.45, 7) is -0.464. The number of aromatic nitrogens is 4. The molecule has 0 saturated carbocycles. The summed E-state index contributed by atoms with van der Waals surface area (Å²) < 4.78 is 7.75. The number of ether oxygens (including phenoxy) is 1. The summed E-state index contributed by atoms with van der Waals surface area (Å²) in [5.41, 5.74) is 2.74. The number of benzene rings is 3. The van der Waals surface area contributed by atoms with Crippen LogP contribution < -0.4 is 10.4 Å². The van der Waals surface area contributed by atoms with Crippen LogP contribution in [-0.4, -0.2) is 54.2 Å². The number of aliphatic hydroxyl groups excluding tert-OH is 2. The van der Waals surface area contributed by atoms with Crippen molar-refractivity contribution in [3.8, 4) is 34.1 Å². The minimum absolute atomic E-state index is 0.0615. The number of nitrogens with one attached hydrogen (secondary N) is 2. The number of hydrogen-bond donors (Lipinski definition) is 5. The number of aromatic amines is 2. The highest BCUT2D eigenvalue weighted by Gasteiger charge is 2.26. The summed E-state index contributed by atoms with van der Waals surface area (Å²) in [5.74, 6) is 0.722. The Kier molecular flexibility index (Phi) is 8.60. The van der Waals surface area contributed by atoms with Crippen LogP contribution >= 0.6 is 34.2 Å². The van der Waals surface area contributed by atoms with Gasteiger partial charge in [-0.05, 0) is 64.6 Å². The second kappa shape index (κ2) is 12.3. The van der Waals surface area contributed by atoms with Gasteiger partial charge in [0.25, 0.3) is 0 Å². The molecule has 3 aromatic carbocycles. The number of aliphatic hydroxyl groups is 2. The first-order chi connectivity index (χ1) is 19.3. The molecule has 5 aromatic rings. The molecule has 2 heterocycles. The lowest BCUT2D eigenvalue weighted by Crippen LogP contribution is -2.25. The number of aromatic hydroxyl groups is 1. The lowest BCUT2D eigenvalue weighted by molar-refractivity contribution is 0.0536. The van der Waals surface area contributed by atoms with Gasteiger partial charge in [0.1, 0.15) is 36.0 Å². The van der Waals surface area contributed by atoms with E-state index in [4.69, 9.17) is 21.4 Å². The zero-order valence-corrected chi connectivity index (χ0v) is 24.0. The van der Waals surface area contributed by atoms with Crippen LogP contribution in [0.1, 0.15) is 17.4 Å². The minimum Gasteiger partial charge on any atom is -0.493 e. The summed E-state index contributed by atoms with van der Waals surface area (Å²) in [6.07, 6.45) is 1.07. The first-order valence-electron chi connectivity index (χ1n) is 12.4. The van der Waals surface area contributed by atoms with Crippen molar-refractivity contribution in [1.29, 1.82) is 0 Å². The zero-order chi connectivity index (χ0) is 28.2. The van der Waals surface area contributed by atoms with Gasteiger partial charge in [-0.25, -0.2) is 9.78 Å².